The van der Waals surface area contributed by atoms with Gasteiger partial charge >= 0.3 is 0 Å². The molecule has 91 valence electrons. The molecule has 7 N–H and O–H groups in total. The number of benzene rings is 1. The molecular formula is C10H12ClN4O2. The summed E-state index contributed by atoms with van der Waals surface area (Å²) in [7, 11) is 0. The Balaban J connectivity index is 2.71. The van der Waals surface area contributed by atoms with Crippen LogP contribution in [0.15, 0.2) is 12.1 Å². The van der Waals surface area contributed by atoms with Crippen molar-refractivity contribution in [3.8, 4) is 0 Å². The number of carbonyl (C=O) groups is 2. The maximum absolute atomic E-state index is 11.5. The summed E-state index contributed by atoms with van der Waals surface area (Å²) in [5.41, 5.74) is 16.5. The van der Waals surface area contributed by atoms with Crippen molar-refractivity contribution in [1.82, 2.24) is 0 Å². The fourth-order valence-electron chi connectivity index (χ4n) is 1.12. The Morgan fingerprint density at radius 2 is 2.18 bits per heavy atom. The van der Waals surface area contributed by atoms with E-state index < -0.39 is 17.9 Å². The number of hydrogen-bond donors (Lipinski definition) is 4. The van der Waals surface area contributed by atoms with Gasteiger partial charge in [-0.05, 0) is 12.1 Å². The molecule has 0 heterocycles. The van der Waals surface area contributed by atoms with Crippen LogP contribution < -0.4 is 22.5 Å². The first kappa shape index (κ1) is 13.3. The Morgan fingerprint density at radius 3 is 2.71 bits per heavy atom. The maximum Gasteiger partial charge on any atom is 0.241 e. The van der Waals surface area contributed by atoms with Gasteiger partial charge in [0, 0.05) is 11.1 Å². The van der Waals surface area contributed by atoms with Gasteiger partial charge in [0.1, 0.15) is 0 Å². The molecule has 2 amide bonds. The highest BCUT2D eigenvalue weighted by molar-refractivity contribution is 6.31. The predicted octanol–water partition coefficient (Wildman–Crippen LogP) is -0.136. The van der Waals surface area contributed by atoms with E-state index in [1.165, 1.54) is 12.1 Å². The second-order valence-corrected chi connectivity index (χ2v) is 3.85. The minimum atomic E-state index is -1.02. The van der Waals surface area contributed by atoms with Crippen molar-refractivity contribution in [2.24, 2.45) is 11.5 Å². The van der Waals surface area contributed by atoms with Crippen molar-refractivity contribution < 1.29 is 9.59 Å². The summed E-state index contributed by atoms with van der Waals surface area (Å²) in [4.78, 5) is 22.1. The standard InChI is InChI=1S/C10H12ClN4O2/c11-5-1-2-8(6(12)3-5)15-10(17)7(13)4-9(14)16/h1,3,7H,4,12-13H2,(H2,14,16)(H,15,17)/t7-/m0/s1. The molecule has 7 heteroatoms. The summed E-state index contributed by atoms with van der Waals surface area (Å²) in [6.07, 6.45) is -0.237. The van der Waals surface area contributed by atoms with Crippen molar-refractivity contribution >= 4 is 34.8 Å². The number of nitrogens with two attached hydrogens (primary N) is 3. The van der Waals surface area contributed by atoms with Crippen molar-refractivity contribution in [1.29, 1.82) is 0 Å². The van der Waals surface area contributed by atoms with Gasteiger partial charge in [-0.2, -0.15) is 0 Å². The molecule has 17 heavy (non-hydrogen) atoms. The summed E-state index contributed by atoms with van der Waals surface area (Å²) in [5.74, 6) is -1.21. The predicted molar refractivity (Wildman–Crippen MR) is 65.1 cm³/mol. The van der Waals surface area contributed by atoms with Crippen LogP contribution in [0, 0.1) is 6.07 Å². The van der Waals surface area contributed by atoms with Gasteiger partial charge in [-0.15, -0.1) is 0 Å². The molecule has 0 bridgehead atoms. The fraction of sp³-hybridized carbons (Fsp3) is 0.200. The van der Waals surface area contributed by atoms with E-state index in [1.54, 1.807) is 0 Å². The van der Waals surface area contributed by atoms with Crippen LogP contribution in [-0.4, -0.2) is 17.9 Å². The minimum absolute atomic E-state index is 0.237. The maximum atomic E-state index is 11.5. The molecule has 1 atom stereocenters. The lowest BCUT2D eigenvalue weighted by atomic mass is 10.2. The van der Waals surface area contributed by atoms with E-state index in [4.69, 9.17) is 28.8 Å². The summed E-state index contributed by atoms with van der Waals surface area (Å²) in [5, 5.41) is 2.84. The van der Waals surface area contributed by atoms with E-state index in [0.717, 1.165) is 0 Å². The molecular weight excluding hydrogens is 244 g/mol. The first-order valence-electron chi connectivity index (χ1n) is 4.71. The normalized spacial score (nSPS) is 11.9. The van der Waals surface area contributed by atoms with Crippen LogP contribution in [0.5, 0.6) is 0 Å². The number of nitrogens with one attached hydrogen (secondary N) is 1. The molecule has 6 nitrogen and oxygen atoms in total. The van der Waals surface area contributed by atoms with Gasteiger partial charge in [-0.1, -0.05) is 11.6 Å². The van der Waals surface area contributed by atoms with Crippen molar-refractivity contribution in [3.05, 3.63) is 23.2 Å². The number of primary amides is 1. The molecule has 0 unspecified atom stereocenters. The summed E-state index contributed by atoms with van der Waals surface area (Å²) in [6, 6.07) is 4.58. The summed E-state index contributed by atoms with van der Waals surface area (Å²) in [6.45, 7) is 0. The van der Waals surface area contributed by atoms with Gasteiger partial charge in [0.2, 0.25) is 11.8 Å². The highest BCUT2D eigenvalue weighted by Crippen LogP contribution is 2.21. The van der Waals surface area contributed by atoms with E-state index >= 15 is 0 Å². The molecule has 1 aromatic rings. The summed E-state index contributed by atoms with van der Waals surface area (Å²) >= 11 is 5.68. The first-order valence-corrected chi connectivity index (χ1v) is 5.09. The van der Waals surface area contributed by atoms with Gasteiger partial charge in [0.25, 0.3) is 0 Å². The van der Waals surface area contributed by atoms with Crippen molar-refractivity contribution in [2.75, 3.05) is 11.1 Å². The van der Waals surface area contributed by atoms with Gasteiger partial charge in [-0.3, -0.25) is 9.59 Å². The van der Waals surface area contributed by atoms with Gasteiger partial charge in [-0.25, -0.2) is 0 Å². The lowest BCUT2D eigenvalue weighted by molar-refractivity contribution is -0.123. The molecule has 0 saturated heterocycles. The molecule has 0 aliphatic carbocycles. The van der Waals surface area contributed by atoms with Crippen LogP contribution in [0.4, 0.5) is 11.4 Å². The number of halogens is 1. The van der Waals surface area contributed by atoms with Crippen LogP contribution in [0.1, 0.15) is 6.42 Å². The topological polar surface area (TPSA) is 124 Å². The largest absolute Gasteiger partial charge is 0.397 e. The van der Waals surface area contributed by atoms with E-state index in [-0.39, 0.29) is 17.8 Å². The highest BCUT2D eigenvalue weighted by Gasteiger charge is 2.16. The van der Waals surface area contributed by atoms with Crippen molar-refractivity contribution in [3.63, 3.8) is 0 Å². The fourth-order valence-corrected chi connectivity index (χ4v) is 1.29. The first-order chi connectivity index (χ1) is 7.90. The molecule has 0 fully saturated rings. The Bertz CT molecular complexity index is 450. The zero-order valence-electron chi connectivity index (χ0n) is 8.87. The average molecular weight is 256 g/mol. The average Bonchev–Trinajstić information content (AvgIpc) is 2.21. The Kier molecular flexibility index (Phi) is 4.30. The van der Waals surface area contributed by atoms with E-state index in [1.807, 2.05) is 0 Å². The number of anilines is 2. The lowest BCUT2D eigenvalue weighted by Gasteiger charge is -2.12. The van der Waals surface area contributed by atoms with Crippen molar-refractivity contribution in [2.45, 2.75) is 12.5 Å². The number of hydrogen-bond acceptors (Lipinski definition) is 4. The zero-order chi connectivity index (χ0) is 13.0. The smallest absolute Gasteiger partial charge is 0.241 e. The number of carbonyl (C=O) groups excluding carboxylic acids is 2. The van der Waals surface area contributed by atoms with E-state index in [2.05, 4.69) is 11.4 Å². The van der Waals surface area contributed by atoms with E-state index in [9.17, 15) is 9.59 Å². The van der Waals surface area contributed by atoms with Gasteiger partial charge in [0.15, 0.2) is 0 Å². The SMILES string of the molecule is NC(=O)C[C@H](N)C(=O)Nc1[c]cc(Cl)cc1N. The number of rotatable bonds is 4. The molecule has 1 aromatic carbocycles. The lowest BCUT2D eigenvalue weighted by Crippen LogP contribution is -2.39. The zero-order valence-corrected chi connectivity index (χ0v) is 9.62. The van der Waals surface area contributed by atoms with Crippen LogP contribution in [0.2, 0.25) is 5.02 Å². The minimum Gasteiger partial charge on any atom is -0.397 e. The number of amides is 2. The Morgan fingerprint density at radius 1 is 1.53 bits per heavy atom. The molecule has 0 saturated carbocycles. The third kappa shape index (κ3) is 3.93. The molecule has 0 aromatic heterocycles. The van der Waals surface area contributed by atoms with E-state index in [0.29, 0.717) is 5.02 Å². The molecule has 0 aliphatic heterocycles. The Hall–Kier alpha value is -1.79. The molecule has 0 aliphatic rings. The monoisotopic (exact) mass is 255 g/mol. The number of nitrogen functional groups attached to an aromatic ring is 1. The second kappa shape index (κ2) is 5.51. The van der Waals surface area contributed by atoms with Gasteiger partial charge in [0.05, 0.1) is 23.8 Å². The molecule has 1 radical (unpaired) electrons. The third-order valence-electron chi connectivity index (χ3n) is 1.94. The summed E-state index contributed by atoms with van der Waals surface area (Å²) < 4.78 is 0. The van der Waals surface area contributed by atoms with Crippen LogP contribution >= 0.6 is 11.6 Å². The molecule has 1 rings (SSSR count). The van der Waals surface area contributed by atoms with Crippen LogP contribution in [-0.2, 0) is 9.59 Å². The third-order valence-corrected chi connectivity index (χ3v) is 2.16. The molecule has 0 spiro atoms. The van der Waals surface area contributed by atoms with Gasteiger partial charge < -0.3 is 22.5 Å². The van der Waals surface area contributed by atoms with Crippen LogP contribution in [0.25, 0.3) is 0 Å². The highest BCUT2D eigenvalue weighted by atomic mass is 35.5. The quantitative estimate of drug-likeness (QED) is 0.559. The second-order valence-electron chi connectivity index (χ2n) is 3.41. The Labute approximate surface area is 103 Å². The van der Waals surface area contributed by atoms with Crippen LogP contribution in [0.3, 0.4) is 0 Å².